The summed E-state index contributed by atoms with van der Waals surface area (Å²) in [6.45, 7) is 1.64. The van der Waals surface area contributed by atoms with Crippen molar-refractivity contribution in [3.05, 3.63) is 23.7 Å². The minimum absolute atomic E-state index is 0.133. The summed E-state index contributed by atoms with van der Waals surface area (Å²) in [5, 5.41) is 13.7. The highest BCUT2D eigenvalue weighted by Crippen LogP contribution is 2.32. The van der Waals surface area contributed by atoms with Gasteiger partial charge in [-0.05, 0) is 44.5 Å². The first-order valence-corrected chi connectivity index (χ1v) is 5.77. The van der Waals surface area contributed by atoms with Crippen LogP contribution in [-0.4, -0.2) is 31.3 Å². The molecule has 1 aliphatic heterocycles. The van der Waals surface area contributed by atoms with Crippen LogP contribution in [0.5, 0.6) is 0 Å². The fraction of sp³-hybridized carbons (Fsp3) is 0.583. The van der Waals surface area contributed by atoms with Crippen LogP contribution in [0.1, 0.15) is 35.6 Å². The molecule has 2 heterocycles. The maximum absolute atomic E-state index is 11.3. The van der Waals surface area contributed by atoms with Gasteiger partial charge in [0.25, 0.3) is 0 Å². The highest BCUT2D eigenvalue weighted by Gasteiger charge is 2.33. The molecule has 0 aromatic carbocycles. The Hall–Kier alpha value is -1.33. The zero-order valence-electron chi connectivity index (χ0n) is 9.86. The van der Waals surface area contributed by atoms with E-state index in [1.807, 2.05) is 0 Å². The smallest absolute Gasteiger partial charge is 0.373 e. The Kier molecular flexibility index (Phi) is 3.49. The molecule has 1 fully saturated rings. The molecule has 5 heteroatoms. The number of carbonyl (C=O) groups excluding carboxylic acids is 1. The lowest BCUT2D eigenvalue weighted by Crippen LogP contribution is -2.26. The topological polar surface area (TPSA) is 71.7 Å². The van der Waals surface area contributed by atoms with E-state index in [1.165, 1.54) is 13.2 Å². The summed E-state index contributed by atoms with van der Waals surface area (Å²) in [7, 11) is 1.30. The van der Waals surface area contributed by atoms with Crippen molar-refractivity contribution in [3.63, 3.8) is 0 Å². The van der Waals surface area contributed by atoms with Crippen molar-refractivity contribution in [2.24, 2.45) is 0 Å². The van der Waals surface area contributed by atoms with E-state index < -0.39 is 11.6 Å². The zero-order chi connectivity index (χ0) is 12.3. The molecule has 1 saturated heterocycles. The highest BCUT2D eigenvalue weighted by molar-refractivity contribution is 5.86. The van der Waals surface area contributed by atoms with Crippen molar-refractivity contribution in [1.82, 2.24) is 5.32 Å². The Balaban J connectivity index is 2.20. The molecule has 1 unspecified atom stereocenters. The predicted octanol–water partition coefficient (Wildman–Crippen LogP) is 1.03. The van der Waals surface area contributed by atoms with Gasteiger partial charge in [-0.1, -0.05) is 0 Å². The van der Waals surface area contributed by atoms with Gasteiger partial charge in [0.1, 0.15) is 11.4 Å². The second-order valence-electron chi connectivity index (χ2n) is 4.29. The molecule has 94 valence electrons. The van der Waals surface area contributed by atoms with E-state index >= 15 is 0 Å². The number of rotatable bonds is 2. The largest absolute Gasteiger partial charge is 0.463 e. The Labute approximate surface area is 99.8 Å². The molecule has 1 aliphatic rings. The van der Waals surface area contributed by atoms with Gasteiger partial charge in [0, 0.05) is 0 Å². The van der Waals surface area contributed by atoms with Crippen LogP contribution in [-0.2, 0) is 10.3 Å². The van der Waals surface area contributed by atoms with Crippen LogP contribution in [0.15, 0.2) is 16.5 Å². The van der Waals surface area contributed by atoms with Crippen molar-refractivity contribution in [2.45, 2.75) is 24.9 Å². The number of hydrogen-bond donors (Lipinski definition) is 2. The molecule has 17 heavy (non-hydrogen) atoms. The average Bonchev–Trinajstić information content (AvgIpc) is 2.73. The third kappa shape index (κ3) is 2.50. The van der Waals surface area contributed by atoms with Crippen LogP contribution < -0.4 is 5.32 Å². The van der Waals surface area contributed by atoms with Crippen molar-refractivity contribution < 1.29 is 19.1 Å². The first kappa shape index (κ1) is 12.1. The van der Waals surface area contributed by atoms with Gasteiger partial charge < -0.3 is 19.6 Å². The van der Waals surface area contributed by atoms with E-state index in [2.05, 4.69) is 10.1 Å². The molecule has 1 aromatic heterocycles. The second-order valence-corrected chi connectivity index (χ2v) is 4.29. The summed E-state index contributed by atoms with van der Waals surface area (Å²) >= 11 is 0. The lowest BCUT2D eigenvalue weighted by atomic mass is 9.92. The monoisotopic (exact) mass is 239 g/mol. The quantitative estimate of drug-likeness (QED) is 0.754. The van der Waals surface area contributed by atoms with Crippen LogP contribution >= 0.6 is 0 Å². The third-order valence-electron chi connectivity index (χ3n) is 3.11. The standard InChI is InChI=1S/C12H17NO4/c1-16-11(14)9-3-4-10(17-9)12(15)5-2-7-13-8-6-12/h3-4,13,15H,2,5-8H2,1H3. The fourth-order valence-electron chi connectivity index (χ4n) is 2.10. The van der Waals surface area contributed by atoms with Crippen molar-refractivity contribution in [1.29, 1.82) is 0 Å². The Morgan fingerprint density at radius 2 is 2.29 bits per heavy atom. The minimum Gasteiger partial charge on any atom is -0.463 e. The minimum atomic E-state index is -0.976. The lowest BCUT2D eigenvalue weighted by Gasteiger charge is -2.23. The van der Waals surface area contributed by atoms with Crippen molar-refractivity contribution >= 4 is 5.97 Å². The Morgan fingerprint density at radius 3 is 3.06 bits per heavy atom. The van der Waals surface area contributed by atoms with E-state index in [0.717, 1.165) is 19.5 Å². The fourth-order valence-corrected chi connectivity index (χ4v) is 2.10. The molecule has 1 aromatic rings. The van der Waals surface area contributed by atoms with Gasteiger partial charge >= 0.3 is 5.97 Å². The Morgan fingerprint density at radius 1 is 1.47 bits per heavy atom. The highest BCUT2D eigenvalue weighted by atomic mass is 16.5. The molecule has 5 nitrogen and oxygen atoms in total. The van der Waals surface area contributed by atoms with E-state index in [9.17, 15) is 9.90 Å². The Bertz CT molecular complexity index is 391. The van der Waals surface area contributed by atoms with Gasteiger partial charge in [0.2, 0.25) is 5.76 Å². The molecular weight excluding hydrogens is 222 g/mol. The third-order valence-corrected chi connectivity index (χ3v) is 3.11. The number of hydrogen-bond acceptors (Lipinski definition) is 5. The summed E-state index contributed by atoms with van der Waals surface area (Å²) in [5.74, 6) is 0.0568. The van der Waals surface area contributed by atoms with Gasteiger partial charge in [-0.2, -0.15) is 0 Å². The normalized spacial score (nSPS) is 25.3. The SMILES string of the molecule is COC(=O)c1ccc(C2(O)CCCNCC2)o1. The number of aliphatic hydroxyl groups is 1. The van der Waals surface area contributed by atoms with Crippen LogP contribution in [0.2, 0.25) is 0 Å². The second kappa shape index (κ2) is 4.89. The van der Waals surface area contributed by atoms with Gasteiger partial charge in [-0.25, -0.2) is 4.79 Å². The first-order chi connectivity index (χ1) is 8.15. The number of furan rings is 1. The van der Waals surface area contributed by atoms with Crippen LogP contribution in [0.4, 0.5) is 0 Å². The van der Waals surface area contributed by atoms with Gasteiger partial charge in [-0.15, -0.1) is 0 Å². The molecule has 1 atom stereocenters. The molecule has 0 amide bonds. The number of esters is 1. The van der Waals surface area contributed by atoms with Gasteiger partial charge in [0.15, 0.2) is 0 Å². The van der Waals surface area contributed by atoms with Crippen molar-refractivity contribution in [3.8, 4) is 0 Å². The van der Waals surface area contributed by atoms with E-state index in [1.54, 1.807) is 6.07 Å². The summed E-state index contributed by atoms with van der Waals surface area (Å²) in [5.41, 5.74) is -0.976. The lowest BCUT2D eigenvalue weighted by molar-refractivity contribution is 0.00127. The van der Waals surface area contributed by atoms with Crippen molar-refractivity contribution in [2.75, 3.05) is 20.2 Å². The zero-order valence-corrected chi connectivity index (χ0v) is 9.86. The molecule has 0 radical (unpaired) electrons. The number of nitrogens with one attached hydrogen (secondary N) is 1. The van der Waals surface area contributed by atoms with Gasteiger partial charge in [0.05, 0.1) is 7.11 Å². The molecular formula is C12H17NO4. The van der Waals surface area contributed by atoms with E-state index in [-0.39, 0.29) is 5.76 Å². The maximum atomic E-state index is 11.3. The van der Waals surface area contributed by atoms with E-state index in [4.69, 9.17) is 4.42 Å². The summed E-state index contributed by atoms with van der Waals surface area (Å²) in [4.78, 5) is 11.3. The van der Waals surface area contributed by atoms with Crippen LogP contribution in [0.25, 0.3) is 0 Å². The van der Waals surface area contributed by atoms with Crippen LogP contribution in [0, 0.1) is 0 Å². The summed E-state index contributed by atoms with van der Waals surface area (Å²) in [6.07, 6.45) is 2.10. The number of methoxy groups -OCH3 is 1. The molecule has 0 bridgehead atoms. The average molecular weight is 239 g/mol. The molecule has 0 spiro atoms. The summed E-state index contributed by atoms with van der Waals surface area (Å²) in [6, 6.07) is 3.19. The molecule has 0 aliphatic carbocycles. The number of carbonyl (C=O) groups is 1. The predicted molar refractivity (Wildman–Crippen MR) is 60.7 cm³/mol. The number of ether oxygens (including phenoxy) is 1. The maximum Gasteiger partial charge on any atom is 0.373 e. The molecule has 2 rings (SSSR count). The molecule has 0 saturated carbocycles. The van der Waals surface area contributed by atoms with Crippen LogP contribution in [0.3, 0.4) is 0 Å². The summed E-state index contributed by atoms with van der Waals surface area (Å²) < 4.78 is 9.95. The first-order valence-electron chi connectivity index (χ1n) is 5.77. The molecule has 2 N–H and O–H groups in total. The van der Waals surface area contributed by atoms with E-state index in [0.29, 0.717) is 18.6 Å². The van der Waals surface area contributed by atoms with Gasteiger partial charge in [-0.3, -0.25) is 0 Å².